The Morgan fingerprint density at radius 1 is 1.38 bits per heavy atom. The lowest BCUT2D eigenvalue weighted by atomic mass is 9.76. The molecule has 1 unspecified atom stereocenters. The van der Waals surface area contributed by atoms with Crippen molar-refractivity contribution < 1.29 is 14.3 Å². The second kappa shape index (κ2) is 9.23. The van der Waals surface area contributed by atoms with E-state index in [0.29, 0.717) is 5.71 Å². The van der Waals surface area contributed by atoms with Gasteiger partial charge in [0.25, 0.3) is 0 Å². The molecule has 0 spiro atoms. The van der Waals surface area contributed by atoms with E-state index in [2.05, 4.69) is 29.7 Å². The first-order chi connectivity index (χ1) is 12.0. The largest absolute Gasteiger partial charge is 0.469 e. The Kier molecular flexibility index (Phi) is 7.89. The van der Waals surface area contributed by atoms with Gasteiger partial charge in [0.2, 0.25) is 0 Å². The first kappa shape index (κ1) is 22.2. The number of hydrogen-bond acceptors (Lipinski definition) is 5. The number of allylic oxidation sites excluding steroid dienone is 4. The fourth-order valence-corrected chi connectivity index (χ4v) is 4.65. The van der Waals surface area contributed by atoms with Crippen molar-refractivity contribution in [3.8, 4) is 0 Å². The number of nitrogens with two attached hydrogens (primary N) is 1. The Morgan fingerprint density at radius 2 is 2.00 bits per heavy atom. The second-order valence-electron chi connectivity index (χ2n) is 7.59. The maximum absolute atomic E-state index is 13.3. The fraction of sp³-hybridized carbons (Fsp3) is 0.556. The van der Waals surface area contributed by atoms with Gasteiger partial charge in [-0.05, 0) is 24.1 Å². The maximum atomic E-state index is 13.3. The summed E-state index contributed by atoms with van der Waals surface area (Å²) in [4.78, 5) is 24.8. The van der Waals surface area contributed by atoms with E-state index < -0.39 is 14.7 Å². The van der Waals surface area contributed by atoms with E-state index in [1.807, 2.05) is 26.8 Å². The molecular weight excluding hydrogens is 366 g/mol. The summed E-state index contributed by atoms with van der Waals surface area (Å²) < 4.78 is 4.69. The average molecular weight is 396 g/mol. The van der Waals surface area contributed by atoms with Crippen LogP contribution in [0.25, 0.3) is 0 Å². The zero-order valence-electron chi connectivity index (χ0n) is 16.4. The minimum absolute atomic E-state index is 0.00895. The van der Waals surface area contributed by atoms with E-state index in [0.717, 1.165) is 5.57 Å². The maximum Gasteiger partial charge on any atom is 0.305 e. The number of nitrogens with zero attached hydrogens (tertiary/aromatic N) is 1. The van der Waals surface area contributed by atoms with Gasteiger partial charge in [-0.15, -0.1) is 0 Å². The number of nitrogens with one attached hydrogen (secondary N) is 1. The zero-order valence-corrected chi connectivity index (χ0v) is 18.4. The van der Waals surface area contributed by atoms with Gasteiger partial charge in [0.15, 0.2) is 10.9 Å². The van der Waals surface area contributed by atoms with Gasteiger partial charge in [-0.25, -0.2) is 0 Å². The van der Waals surface area contributed by atoms with Gasteiger partial charge in [-0.3, -0.25) is 15.0 Å². The third-order valence-electron chi connectivity index (χ3n) is 4.14. The number of ether oxygens (including phenoxy) is 1. The molecule has 0 heterocycles. The van der Waals surface area contributed by atoms with Gasteiger partial charge in [-0.1, -0.05) is 51.2 Å². The van der Waals surface area contributed by atoms with Crippen LogP contribution in [0.1, 0.15) is 33.6 Å². The standard InChI is InChI=1S/C18H29N3O3SSi/c1-18(2,3)15-13(26(5)6)9-7-11(16(15)23)12(20-21-17(19)25)8-10-14(22)24-4/h7,9,11,26H,8,10H2,1-6H3,(H3,19,21,25). The van der Waals surface area contributed by atoms with Crippen LogP contribution in [0.4, 0.5) is 0 Å². The highest BCUT2D eigenvalue weighted by Crippen LogP contribution is 2.36. The van der Waals surface area contributed by atoms with Crippen LogP contribution < -0.4 is 11.2 Å². The number of Topliss-reactive ketones (excluding diaryl/α,β-unsaturated/α-hetero) is 1. The van der Waals surface area contributed by atoms with Crippen LogP contribution in [0.3, 0.4) is 0 Å². The van der Waals surface area contributed by atoms with Crippen LogP contribution >= 0.6 is 12.2 Å². The van der Waals surface area contributed by atoms with Gasteiger partial charge in [0, 0.05) is 5.57 Å². The van der Waals surface area contributed by atoms with Crippen molar-refractivity contribution in [2.75, 3.05) is 7.11 Å². The summed E-state index contributed by atoms with van der Waals surface area (Å²) in [5.41, 5.74) is 9.12. The smallest absolute Gasteiger partial charge is 0.305 e. The second-order valence-corrected chi connectivity index (χ2v) is 11.0. The topological polar surface area (TPSA) is 93.8 Å². The van der Waals surface area contributed by atoms with Crippen molar-refractivity contribution in [2.45, 2.75) is 46.7 Å². The summed E-state index contributed by atoms with van der Waals surface area (Å²) in [7, 11) is 0.156. The normalized spacial score (nSPS) is 18.3. The van der Waals surface area contributed by atoms with Crippen molar-refractivity contribution in [2.24, 2.45) is 22.2 Å². The molecule has 144 valence electrons. The van der Waals surface area contributed by atoms with Crippen molar-refractivity contribution in [1.82, 2.24) is 5.43 Å². The van der Waals surface area contributed by atoms with E-state index in [1.165, 1.54) is 12.3 Å². The Hall–Kier alpha value is -1.80. The summed E-state index contributed by atoms with van der Waals surface area (Å²) in [5.74, 6) is -0.862. The van der Waals surface area contributed by atoms with Crippen LogP contribution in [0, 0.1) is 11.3 Å². The molecule has 1 aliphatic rings. The highest BCUT2D eigenvalue weighted by molar-refractivity contribution is 7.80. The van der Waals surface area contributed by atoms with Crippen LogP contribution in [-0.2, 0) is 14.3 Å². The van der Waals surface area contributed by atoms with Crippen LogP contribution in [-0.4, -0.2) is 38.5 Å². The Balaban J connectivity index is 3.26. The molecule has 0 saturated heterocycles. The lowest BCUT2D eigenvalue weighted by Crippen LogP contribution is -2.36. The van der Waals surface area contributed by atoms with Gasteiger partial charge in [0.1, 0.15) is 0 Å². The lowest BCUT2D eigenvalue weighted by molar-refractivity contribution is -0.140. The lowest BCUT2D eigenvalue weighted by Gasteiger charge is -2.32. The number of rotatable bonds is 6. The highest BCUT2D eigenvalue weighted by atomic mass is 32.1. The molecule has 1 rings (SSSR count). The molecule has 0 aromatic carbocycles. The summed E-state index contributed by atoms with van der Waals surface area (Å²) in [5, 5.41) is 5.38. The number of ketones is 1. The summed E-state index contributed by atoms with van der Waals surface area (Å²) in [6.07, 6.45) is 4.34. The van der Waals surface area contributed by atoms with E-state index in [-0.39, 0.29) is 35.1 Å². The summed E-state index contributed by atoms with van der Waals surface area (Å²) in [6.45, 7) is 10.6. The molecule has 26 heavy (non-hydrogen) atoms. The number of hydrogen-bond donors (Lipinski definition) is 2. The molecule has 0 aromatic rings. The molecule has 3 N–H and O–H groups in total. The summed E-state index contributed by atoms with van der Waals surface area (Å²) in [6, 6.07) is 0. The number of methoxy groups -OCH3 is 1. The van der Waals surface area contributed by atoms with Crippen LogP contribution in [0.15, 0.2) is 28.0 Å². The van der Waals surface area contributed by atoms with Gasteiger partial charge in [-0.2, -0.15) is 5.10 Å². The number of thiocarbonyl (C=S) groups is 1. The van der Waals surface area contributed by atoms with Gasteiger partial charge < -0.3 is 10.5 Å². The summed E-state index contributed by atoms with van der Waals surface area (Å²) >= 11 is 4.80. The van der Waals surface area contributed by atoms with Crippen molar-refractivity contribution >= 4 is 43.6 Å². The molecule has 0 fully saturated rings. The number of esters is 1. The quantitative estimate of drug-likeness (QED) is 0.236. The third-order valence-corrected chi connectivity index (χ3v) is 5.96. The van der Waals surface area contributed by atoms with Crippen molar-refractivity contribution in [3.63, 3.8) is 0 Å². The minimum atomic E-state index is -1.17. The molecule has 1 aliphatic carbocycles. The van der Waals surface area contributed by atoms with Gasteiger partial charge >= 0.3 is 5.97 Å². The van der Waals surface area contributed by atoms with Gasteiger partial charge in [0.05, 0.1) is 34.0 Å². The first-order valence-electron chi connectivity index (χ1n) is 8.64. The molecule has 0 aromatic heterocycles. The molecule has 0 amide bonds. The third kappa shape index (κ3) is 5.88. The molecule has 8 heteroatoms. The predicted octanol–water partition coefficient (Wildman–Crippen LogP) is 2.25. The Labute approximate surface area is 162 Å². The molecule has 0 saturated carbocycles. The average Bonchev–Trinajstić information content (AvgIpc) is 2.53. The number of carbonyl (C=O) groups excluding carboxylic acids is 2. The Morgan fingerprint density at radius 3 is 2.46 bits per heavy atom. The van der Waals surface area contributed by atoms with E-state index in [9.17, 15) is 9.59 Å². The molecule has 6 nitrogen and oxygen atoms in total. The van der Waals surface area contributed by atoms with Crippen LogP contribution in [0.5, 0.6) is 0 Å². The minimum Gasteiger partial charge on any atom is -0.469 e. The molecule has 1 atom stereocenters. The zero-order chi connectivity index (χ0) is 20.1. The van der Waals surface area contributed by atoms with E-state index in [1.54, 1.807) is 0 Å². The predicted molar refractivity (Wildman–Crippen MR) is 112 cm³/mol. The number of hydrazone groups is 1. The molecule has 0 radical (unpaired) electrons. The SMILES string of the molecule is COC(=O)CCC(=NNC(N)=S)C1C=CC([SiH](C)C)=C(C(C)(C)C)C1=O. The fourth-order valence-electron chi connectivity index (χ4n) is 2.95. The van der Waals surface area contributed by atoms with Crippen LogP contribution in [0.2, 0.25) is 13.1 Å². The van der Waals surface area contributed by atoms with E-state index >= 15 is 0 Å². The van der Waals surface area contributed by atoms with E-state index in [4.69, 9.17) is 22.7 Å². The molecule has 0 aliphatic heterocycles. The monoisotopic (exact) mass is 395 g/mol. The molecule has 0 bridgehead atoms. The molecular formula is C18H29N3O3SSi. The first-order valence-corrected chi connectivity index (χ1v) is 11.9. The van der Waals surface area contributed by atoms with Crippen molar-refractivity contribution in [1.29, 1.82) is 0 Å². The number of carbonyl (C=O) groups is 2. The highest BCUT2D eigenvalue weighted by Gasteiger charge is 2.36. The van der Waals surface area contributed by atoms with Crippen molar-refractivity contribution in [3.05, 3.63) is 22.9 Å². The Bertz CT molecular complexity index is 676.